The van der Waals surface area contributed by atoms with E-state index in [1.807, 2.05) is 4.98 Å². The van der Waals surface area contributed by atoms with Gasteiger partial charge >= 0.3 is 17.8 Å². The van der Waals surface area contributed by atoms with Crippen molar-refractivity contribution in [1.82, 2.24) is 25.1 Å². The fourth-order valence-electron chi connectivity index (χ4n) is 3.41. The zero-order valence-corrected chi connectivity index (χ0v) is 17.2. The summed E-state index contributed by atoms with van der Waals surface area (Å²) in [6.45, 7) is -0.181. The molecule has 0 amide bonds. The number of aromatic nitrogens is 5. The number of nitrogens with zero attached hydrogens (tertiary/aromatic N) is 3. The summed E-state index contributed by atoms with van der Waals surface area (Å²) < 4.78 is 73.1. The molecule has 180 valence electrons. The topological polar surface area (TPSA) is 137 Å². The van der Waals surface area contributed by atoms with Gasteiger partial charge in [0.25, 0.3) is 11.1 Å². The van der Waals surface area contributed by atoms with Crippen LogP contribution < -0.4 is 26.4 Å². The zero-order valence-electron chi connectivity index (χ0n) is 17.2. The molecule has 1 aliphatic rings. The molecule has 0 aliphatic carbocycles. The van der Waals surface area contributed by atoms with Gasteiger partial charge in [0.15, 0.2) is 6.10 Å². The summed E-state index contributed by atoms with van der Waals surface area (Å²) in [5.41, 5.74) is -4.11. The molecule has 10 nitrogen and oxygen atoms in total. The number of anilines is 1. The lowest BCUT2D eigenvalue weighted by molar-refractivity contribution is -0.141. The van der Waals surface area contributed by atoms with Crippen molar-refractivity contribution >= 4 is 5.69 Å². The average molecular weight is 486 g/mol. The monoisotopic (exact) mass is 486 g/mol. The molecule has 4 rings (SSSR count). The number of ether oxygens (including phenoxy) is 1. The largest absolute Gasteiger partial charge is 0.480 e. The lowest BCUT2D eigenvalue weighted by Crippen LogP contribution is -2.36. The number of pyridine rings is 1. The minimum absolute atomic E-state index is 0.0436. The second-order valence-electron chi connectivity index (χ2n) is 7.53. The highest BCUT2D eigenvalue weighted by molar-refractivity contribution is 5.62. The van der Waals surface area contributed by atoms with Crippen LogP contribution >= 0.6 is 0 Å². The molecule has 0 bridgehead atoms. The Morgan fingerprint density at radius 1 is 1.18 bits per heavy atom. The Bertz CT molecular complexity index is 1410. The normalized spacial score (nSPS) is 17.7. The summed E-state index contributed by atoms with van der Waals surface area (Å²) in [6, 6.07) is 1.78. The summed E-state index contributed by atoms with van der Waals surface area (Å²) in [5, 5.41) is 5.82. The summed E-state index contributed by atoms with van der Waals surface area (Å²) in [5.74, 6) is -3.75. The molecule has 34 heavy (non-hydrogen) atoms. The minimum atomic E-state index is -4.70. The maximum atomic E-state index is 14.7. The van der Waals surface area contributed by atoms with Crippen LogP contribution in [0.3, 0.4) is 0 Å². The van der Waals surface area contributed by atoms with Gasteiger partial charge in [-0.2, -0.15) is 18.3 Å². The molecule has 1 saturated heterocycles. The Morgan fingerprint density at radius 2 is 1.91 bits per heavy atom. The predicted octanol–water partition coefficient (Wildman–Crippen LogP) is 1.44. The molecule has 0 radical (unpaired) electrons. The Balaban J connectivity index is 1.62. The molecule has 1 unspecified atom stereocenters. The zero-order chi connectivity index (χ0) is 24.8. The lowest BCUT2D eigenvalue weighted by atomic mass is 10.2. The maximum absolute atomic E-state index is 14.7. The first kappa shape index (κ1) is 23.1. The quantitative estimate of drug-likeness (QED) is 0.475. The molecule has 0 spiro atoms. The van der Waals surface area contributed by atoms with Crippen LogP contribution in [0.4, 0.5) is 27.6 Å². The third-order valence-corrected chi connectivity index (χ3v) is 5.10. The van der Waals surface area contributed by atoms with Crippen LogP contribution in [-0.4, -0.2) is 50.3 Å². The van der Waals surface area contributed by atoms with E-state index in [1.165, 1.54) is 6.92 Å². The van der Waals surface area contributed by atoms with Crippen molar-refractivity contribution in [1.29, 1.82) is 0 Å². The predicted molar refractivity (Wildman–Crippen MR) is 107 cm³/mol. The lowest BCUT2D eigenvalue weighted by Gasteiger charge is -2.20. The van der Waals surface area contributed by atoms with Gasteiger partial charge in [0, 0.05) is 6.20 Å². The molecule has 0 aromatic carbocycles. The van der Waals surface area contributed by atoms with E-state index < -0.39 is 53.8 Å². The Labute approximate surface area is 185 Å². The number of alkyl halides is 5. The van der Waals surface area contributed by atoms with Gasteiger partial charge in [-0.05, 0) is 24.6 Å². The highest BCUT2D eigenvalue weighted by Crippen LogP contribution is 2.35. The summed E-state index contributed by atoms with van der Waals surface area (Å²) in [7, 11) is 0. The van der Waals surface area contributed by atoms with E-state index in [0.717, 1.165) is 23.4 Å². The Morgan fingerprint density at radius 3 is 2.56 bits per heavy atom. The van der Waals surface area contributed by atoms with Crippen molar-refractivity contribution in [3.05, 3.63) is 67.0 Å². The molecule has 3 aromatic rings. The SMILES string of the molecule is Cc1cc(C(F)(F)F)ncc1OC1CN(c2cc(-c3c[nH]c(=O)[nH]c3=O)n[nH]c2=O)CC1(F)F. The smallest absolute Gasteiger partial charge is 0.433 e. The molecule has 3 aromatic heterocycles. The maximum Gasteiger partial charge on any atom is 0.433 e. The highest BCUT2D eigenvalue weighted by Gasteiger charge is 2.51. The van der Waals surface area contributed by atoms with Crippen molar-refractivity contribution < 1.29 is 26.7 Å². The standard InChI is InChI=1S/C19H15F5N6O4/c1-8-2-13(19(22,23)24)25-5-12(8)34-14-6-30(7-18(14,20)21)11-3-10(28-29-16(11)32)9-4-26-17(33)27-15(9)31/h2-5,14H,6-7H2,1H3,(H,29,32)(H2,26,27,31,33). The van der Waals surface area contributed by atoms with Crippen LogP contribution in [0.1, 0.15) is 11.3 Å². The Hall–Kier alpha value is -4.04. The van der Waals surface area contributed by atoms with Gasteiger partial charge in [0.1, 0.15) is 17.1 Å². The number of rotatable bonds is 4. The van der Waals surface area contributed by atoms with E-state index in [9.17, 15) is 36.3 Å². The van der Waals surface area contributed by atoms with Gasteiger partial charge in [0.2, 0.25) is 0 Å². The van der Waals surface area contributed by atoms with E-state index >= 15 is 0 Å². The second kappa shape index (κ2) is 8.07. The van der Waals surface area contributed by atoms with Crippen LogP contribution in [0.25, 0.3) is 11.3 Å². The number of nitrogens with one attached hydrogen (secondary N) is 3. The minimum Gasteiger partial charge on any atom is -0.480 e. The first-order valence-electron chi connectivity index (χ1n) is 9.60. The first-order valence-corrected chi connectivity index (χ1v) is 9.60. The number of aromatic amines is 3. The van der Waals surface area contributed by atoms with Gasteiger partial charge in [-0.15, -0.1) is 0 Å². The van der Waals surface area contributed by atoms with Crippen LogP contribution in [0, 0.1) is 6.92 Å². The van der Waals surface area contributed by atoms with E-state index in [4.69, 9.17) is 4.74 Å². The highest BCUT2D eigenvalue weighted by atomic mass is 19.4. The molecule has 15 heteroatoms. The number of halogens is 5. The molecule has 4 heterocycles. The Kier molecular flexibility index (Phi) is 5.49. The van der Waals surface area contributed by atoms with Crippen molar-refractivity contribution in [3.8, 4) is 17.0 Å². The summed E-state index contributed by atoms with van der Waals surface area (Å²) in [4.78, 5) is 43.9. The van der Waals surface area contributed by atoms with Crippen LogP contribution in [-0.2, 0) is 6.18 Å². The number of hydrogen-bond acceptors (Lipinski definition) is 7. The van der Waals surface area contributed by atoms with Gasteiger partial charge in [-0.25, -0.2) is 23.7 Å². The summed E-state index contributed by atoms with van der Waals surface area (Å²) >= 11 is 0. The molecule has 1 fully saturated rings. The third-order valence-electron chi connectivity index (χ3n) is 5.10. The van der Waals surface area contributed by atoms with Crippen molar-refractivity contribution in [3.63, 3.8) is 0 Å². The van der Waals surface area contributed by atoms with Crippen molar-refractivity contribution in [2.75, 3.05) is 18.0 Å². The molecular formula is C19H15F5N6O4. The molecule has 3 N–H and O–H groups in total. The molecular weight excluding hydrogens is 471 g/mol. The van der Waals surface area contributed by atoms with E-state index in [0.29, 0.717) is 6.07 Å². The molecule has 1 aliphatic heterocycles. The van der Waals surface area contributed by atoms with E-state index in [-0.39, 0.29) is 28.3 Å². The van der Waals surface area contributed by atoms with Crippen molar-refractivity contribution in [2.24, 2.45) is 0 Å². The van der Waals surface area contributed by atoms with E-state index in [1.54, 1.807) is 0 Å². The van der Waals surface area contributed by atoms with Crippen LogP contribution in [0.2, 0.25) is 0 Å². The molecule has 0 saturated carbocycles. The van der Waals surface area contributed by atoms with Crippen molar-refractivity contribution in [2.45, 2.75) is 25.1 Å². The molecule has 1 atom stereocenters. The first-order chi connectivity index (χ1) is 15.8. The summed E-state index contributed by atoms with van der Waals surface area (Å²) in [6.07, 6.45) is -4.74. The number of aryl methyl sites for hydroxylation is 1. The fourth-order valence-corrected chi connectivity index (χ4v) is 3.41. The van der Waals surface area contributed by atoms with Crippen LogP contribution in [0.15, 0.2) is 38.9 Å². The average Bonchev–Trinajstić information content (AvgIpc) is 3.03. The van der Waals surface area contributed by atoms with Gasteiger partial charge in [0.05, 0.1) is 30.5 Å². The van der Waals surface area contributed by atoms with Crippen LogP contribution in [0.5, 0.6) is 5.75 Å². The van der Waals surface area contributed by atoms with E-state index in [2.05, 4.69) is 20.2 Å². The third kappa shape index (κ3) is 4.40. The second-order valence-corrected chi connectivity index (χ2v) is 7.53. The fraction of sp³-hybridized carbons (Fsp3) is 0.316. The number of H-pyrrole nitrogens is 3. The van der Waals surface area contributed by atoms with Gasteiger partial charge in [-0.3, -0.25) is 14.6 Å². The van der Waals surface area contributed by atoms with Gasteiger partial charge in [-0.1, -0.05) is 0 Å². The number of hydrogen-bond donors (Lipinski definition) is 3. The van der Waals surface area contributed by atoms with Gasteiger partial charge < -0.3 is 14.6 Å².